The van der Waals surface area contributed by atoms with Crippen LogP contribution in [0.1, 0.15) is 50.9 Å². The molecule has 162 valence electrons. The minimum absolute atomic E-state index is 0.218. The molecule has 2 heterocycles. The summed E-state index contributed by atoms with van der Waals surface area (Å²) >= 11 is 7.31. The first-order chi connectivity index (χ1) is 15.0. The summed E-state index contributed by atoms with van der Waals surface area (Å²) < 4.78 is 5.72. The molecule has 0 aliphatic rings. The van der Waals surface area contributed by atoms with Crippen LogP contribution in [0.15, 0.2) is 48.7 Å². The van der Waals surface area contributed by atoms with E-state index in [1.807, 2.05) is 19.1 Å². The average Bonchev–Trinajstić information content (AvgIpc) is 3.13. The summed E-state index contributed by atoms with van der Waals surface area (Å²) in [6.45, 7) is 4.82. The van der Waals surface area contributed by atoms with Crippen LogP contribution in [-0.4, -0.2) is 23.4 Å². The number of aryl methyl sites for hydroxylation is 1. The maximum atomic E-state index is 12.7. The predicted octanol–water partition coefficient (Wildman–Crippen LogP) is 5.47. The highest BCUT2D eigenvalue weighted by Crippen LogP contribution is 2.28. The molecule has 0 aliphatic heterocycles. The van der Waals surface area contributed by atoms with Crippen molar-refractivity contribution in [2.45, 2.75) is 33.2 Å². The SMILES string of the molecule is CCCCOc1ncccc1CNC(=O)c1sc(NC(=O)c2ccccc2Cl)cc1C. The minimum Gasteiger partial charge on any atom is -0.477 e. The summed E-state index contributed by atoms with van der Waals surface area (Å²) in [4.78, 5) is 30.0. The molecule has 0 spiro atoms. The number of hydrogen-bond acceptors (Lipinski definition) is 5. The van der Waals surface area contributed by atoms with Crippen LogP contribution >= 0.6 is 22.9 Å². The molecule has 2 N–H and O–H groups in total. The third-order valence-electron chi connectivity index (χ3n) is 4.51. The summed E-state index contributed by atoms with van der Waals surface area (Å²) in [5.74, 6) is -0.000939. The molecule has 8 heteroatoms. The number of amides is 2. The quantitative estimate of drug-likeness (QED) is 0.418. The number of anilines is 1. The molecule has 2 amide bonds. The lowest BCUT2D eigenvalue weighted by Gasteiger charge is -2.10. The third-order valence-corrected chi connectivity index (χ3v) is 5.99. The van der Waals surface area contributed by atoms with E-state index in [1.165, 1.54) is 11.3 Å². The van der Waals surface area contributed by atoms with Crippen molar-refractivity contribution in [3.8, 4) is 5.88 Å². The minimum atomic E-state index is -0.317. The van der Waals surface area contributed by atoms with Crippen molar-refractivity contribution in [3.63, 3.8) is 0 Å². The molecule has 3 rings (SSSR count). The number of thiophene rings is 1. The van der Waals surface area contributed by atoms with Crippen molar-refractivity contribution in [1.29, 1.82) is 0 Å². The van der Waals surface area contributed by atoms with Gasteiger partial charge in [0.1, 0.15) is 0 Å². The number of benzene rings is 1. The first-order valence-electron chi connectivity index (χ1n) is 10.0. The Hall–Kier alpha value is -2.90. The van der Waals surface area contributed by atoms with Crippen molar-refractivity contribution >= 4 is 39.8 Å². The van der Waals surface area contributed by atoms with E-state index >= 15 is 0 Å². The number of hydrogen-bond donors (Lipinski definition) is 2. The average molecular weight is 458 g/mol. The number of carbonyl (C=O) groups excluding carboxylic acids is 2. The molecule has 2 aromatic heterocycles. The summed E-state index contributed by atoms with van der Waals surface area (Å²) in [7, 11) is 0. The van der Waals surface area contributed by atoms with Gasteiger partial charge in [0.05, 0.1) is 27.1 Å². The lowest BCUT2D eigenvalue weighted by molar-refractivity contribution is 0.0953. The van der Waals surface area contributed by atoms with E-state index < -0.39 is 0 Å². The molecule has 0 radical (unpaired) electrons. The molecular weight excluding hydrogens is 434 g/mol. The number of nitrogens with one attached hydrogen (secondary N) is 2. The molecule has 0 atom stereocenters. The lowest BCUT2D eigenvalue weighted by atomic mass is 10.2. The fraction of sp³-hybridized carbons (Fsp3) is 0.261. The van der Waals surface area contributed by atoms with Crippen LogP contribution in [0, 0.1) is 6.92 Å². The zero-order chi connectivity index (χ0) is 22.2. The highest BCUT2D eigenvalue weighted by atomic mass is 35.5. The van der Waals surface area contributed by atoms with E-state index in [4.69, 9.17) is 16.3 Å². The Morgan fingerprint density at radius 3 is 2.74 bits per heavy atom. The van der Waals surface area contributed by atoms with Crippen LogP contribution in [0.2, 0.25) is 5.02 Å². The maximum Gasteiger partial charge on any atom is 0.261 e. The Labute approximate surface area is 190 Å². The van der Waals surface area contributed by atoms with Crippen molar-refractivity contribution in [1.82, 2.24) is 10.3 Å². The summed E-state index contributed by atoms with van der Waals surface area (Å²) in [6, 6.07) is 12.3. The van der Waals surface area contributed by atoms with Gasteiger partial charge in [-0.2, -0.15) is 0 Å². The molecular formula is C23H24ClN3O3S. The van der Waals surface area contributed by atoms with Gasteiger partial charge in [-0.05, 0) is 43.2 Å². The monoisotopic (exact) mass is 457 g/mol. The second-order valence-electron chi connectivity index (χ2n) is 6.91. The molecule has 31 heavy (non-hydrogen) atoms. The summed E-state index contributed by atoms with van der Waals surface area (Å²) in [5.41, 5.74) is 1.98. The molecule has 0 unspecified atom stereocenters. The summed E-state index contributed by atoms with van der Waals surface area (Å²) in [6.07, 6.45) is 3.65. The van der Waals surface area contributed by atoms with Crippen molar-refractivity contribution in [2.75, 3.05) is 11.9 Å². The lowest BCUT2D eigenvalue weighted by Crippen LogP contribution is -2.23. The van der Waals surface area contributed by atoms with E-state index in [0.29, 0.717) is 39.5 Å². The molecule has 6 nitrogen and oxygen atoms in total. The number of pyridine rings is 1. The van der Waals surface area contributed by atoms with Gasteiger partial charge in [0.15, 0.2) is 0 Å². The number of halogens is 1. The highest BCUT2D eigenvalue weighted by Gasteiger charge is 2.17. The Morgan fingerprint density at radius 1 is 1.16 bits per heavy atom. The third kappa shape index (κ3) is 6.06. The van der Waals surface area contributed by atoms with E-state index in [1.54, 1.807) is 36.5 Å². The van der Waals surface area contributed by atoms with Crippen LogP contribution in [0.4, 0.5) is 5.00 Å². The summed E-state index contributed by atoms with van der Waals surface area (Å²) in [5, 5.41) is 6.68. The smallest absolute Gasteiger partial charge is 0.261 e. The fourth-order valence-corrected chi connectivity index (χ4v) is 4.06. The predicted molar refractivity (Wildman–Crippen MR) is 124 cm³/mol. The first kappa shape index (κ1) is 22.8. The van der Waals surface area contributed by atoms with Crippen LogP contribution in [-0.2, 0) is 6.54 Å². The number of nitrogens with zero attached hydrogens (tertiary/aromatic N) is 1. The second kappa shape index (κ2) is 10.9. The van der Waals surface area contributed by atoms with Crippen LogP contribution in [0.5, 0.6) is 5.88 Å². The molecule has 0 saturated heterocycles. The maximum absolute atomic E-state index is 12.7. The number of unbranched alkanes of at least 4 members (excludes halogenated alkanes) is 1. The highest BCUT2D eigenvalue weighted by molar-refractivity contribution is 7.18. The fourth-order valence-electron chi connectivity index (χ4n) is 2.85. The normalized spacial score (nSPS) is 10.5. The van der Waals surface area contributed by atoms with Crippen molar-refractivity contribution in [3.05, 3.63) is 75.3 Å². The van der Waals surface area contributed by atoms with Gasteiger partial charge in [0.2, 0.25) is 5.88 Å². The van der Waals surface area contributed by atoms with E-state index in [-0.39, 0.29) is 11.8 Å². The largest absolute Gasteiger partial charge is 0.477 e. The number of ether oxygens (including phenoxy) is 1. The van der Waals surface area contributed by atoms with Gasteiger partial charge < -0.3 is 15.4 Å². The van der Waals surface area contributed by atoms with E-state index in [0.717, 1.165) is 24.0 Å². The second-order valence-corrected chi connectivity index (χ2v) is 8.37. The van der Waals surface area contributed by atoms with Gasteiger partial charge >= 0.3 is 0 Å². The van der Waals surface area contributed by atoms with Crippen molar-refractivity contribution in [2.24, 2.45) is 0 Å². The van der Waals surface area contributed by atoms with Crippen LogP contribution < -0.4 is 15.4 Å². The zero-order valence-electron chi connectivity index (χ0n) is 17.4. The van der Waals surface area contributed by atoms with Gasteiger partial charge in [-0.15, -0.1) is 11.3 Å². The van der Waals surface area contributed by atoms with Crippen LogP contribution in [0.3, 0.4) is 0 Å². The zero-order valence-corrected chi connectivity index (χ0v) is 19.0. The Morgan fingerprint density at radius 2 is 1.97 bits per heavy atom. The van der Waals surface area contributed by atoms with Gasteiger partial charge in [0, 0.05) is 18.3 Å². The van der Waals surface area contributed by atoms with E-state index in [9.17, 15) is 9.59 Å². The van der Waals surface area contributed by atoms with Gasteiger partial charge in [-0.1, -0.05) is 43.1 Å². The molecule has 0 bridgehead atoms. The topological polar surface area (TPSA) is 80.3 Å². The number of rotatable bonds is 9. The van der Waals surface area contributed by atoms with Gasteiger partial charge in [0.25, 0.3) is 11.8 Å². The van der Waals surface area contributed by atoms with Crippen molar-refractivity contribution < 1.29 is 14.3 Å². The Kier molecular flexibility index (Phi) is 8.03. The van der Waals surface area contributed by atoms with Gasteiger partial charge in [-0.25, -0.2) is 4.98 Å². The standard InChI is InChI=1S/C23H24ClN3O3S/c1-3-4-12-30-23-16(8-7-11-25-23)14-26-22(29)20-15(2)13-19(31-20)27-21(28)17-9-5-6-10-18(17)24/h5-11,13H,3-4,12,14H2,1-2H3,(H,26,29)(H,27,28). The molecule has 0 aliphatic carbocycles. The van der Waals surface area contributed by atoms with E-state index in [2.05, 4.69) is 22.5 Å². The first-order valence-corrected chi connectivity index (χ1v) is 11.2. The molecule has 0 fully saturated rings. The Bertz CT molecular complexity index is 1070. The molecule has 3 aromatic rings. The van der Waals surface area contributed by atoms with Crippen LogP contribution in [0.25, 0.3) is 0 Å². The Balaban J connectivity index is 1.64. The number of carbonyl (C=O) groups is 2. The number of aromatic nitrogens is 1. The molecule has 1 aromatic carbocycles. The van der Waals surface area contributed by atoms with Gasteiger partial charge in [-0.3, -0.25) is 9.59 Å². The molecule has 0 saturated carbocycles.